The van der Waals surface area contributed by atoms with Gasteiger partial charge in [0.25, 0.3) is 5.56 Å². The second kappa shape index (κ2) is 6.32. The minimum absolute atomic E-state index is 0.0200. The van der Waals surface area contributed by atoms with Gasteiger partial charge in [0.2, 0.25) is 5.91 Å². The molecule has 106 valence electrons. The number of fused-ring (bicyclic) bond motifs is 1. The van der Waals surface area contributed by atoms with Gasteiger partial charge in [-0.2, -0.15) is 5.10 Å². The molecule has 2 aromatic rings. The summed E-state index contributed by atoms with van der Waals surface area (Å²) in [4.78, 5) is 23.6. The molecule has 0 spiro atoms. The summed E-state index contributed by atoms with van der Waals surface area (Å²) in [5, 5.41) is 8.52. The first-order valence-corrected chi connectivity index (χ1v) is 6.85. The Morgan fingerprint density at radius 3 is 2.70 bits per heavy atom. The van der Waals surface area contributed by atoms with Crippen LogP contribution in [0, 0.1) is 0 Å². The quantitative estimate of drug-likeness (QED) is 0.902. The van der Waals surface area contributed by atoms with Gasteiger partial charge in [0.1, 0.15) is 0 Å². The van der Waals surface area contributed by atoms with E-state index in [9.17, 15) is 9.59 Å². The Labute approximate surface area is 117 Å². The first-order valence-electron chi connectivity index (χ1n) is 6.85. The highest BCUT2D eigenvalue weighted by Gasteiger charge is 2.09. The van der Waals surface area contributed by atoms with Crippen LogP contribution in [0.25, 0.3) is 10.8 Å². The lowest BCUT2D eigenvalue weighted by Crippen LogP contribution is -2.27. The predicted octanol–water partition coefficient (Wildman–Crippen LogP) is 1.74. The van der Waals surface area contributed by atoms with Gasteiger partial charge in [-0.3, -0.25) is 9.59 Å². The lowest BCUT2D eigenvalue weighted by molar-refractivity contribution is -0.121. The Bertz CT molecular complexity index is 676. The van der Waals surface area contributed by atoms with E-state index in [1.807, 2.05) is 18.2 Å². The molecule has 0 atom stereocenters. The Hall–Kier alpha value is -2.17. The van der Waals surface area contributed by atoms with Crippen LogP contribution in [0.4, 0.5) is 0 Å². The molecule has 0 saturated carbocycles. The number of amides is 1. The van der Waals surface area contributed by atoms with E-state index in [2.05, 4.69) is 17.3 Å². The van der Waals surface area contributed by atoms with E-state index in [0.29, 0.717) is 24.0 Å². The molecule has 1 aromatic carbocycles. The first-order chi connectivity index (χ1) is 9.63. The van der Waals surface area contributed by atoms with E-state index in [-0.39, 0.29) is 11.5 Å². The van der Waals surface area contributed by atoms with Crippen molar-refractivity contribution in [2.24, 2.45) is 7.05 Å². The monoisotopic (exact) mass is 273 g/mol. The van der Waals surface area contributed by atoms with E-state index in [0.717, 1.165) is 18.2 Å². The van der Waals surface area contributed by atoms with Gasteiger partial charge in [0, 0.05) is 18.9 Å². The maximum Gasteiger partial charge on any atom is 0.274 e. The number of carbonyl (C=O) groups is 1. The first kappa shape index (κ1) is 14.2. The van der Waals surface area contributed by atoms with Crippen molar-refractivity contribution in [1.82, 2.24) is 15.1 Å². The van der Waals surface area contributed by atoms with Crippen LogP contribution in [0.3, 0.4) is 0 Å². The Morgan fingerprint density at radius 1 is 1.30 bits per heavy atom. The van der Waals surface area contributed by atoms with E-state index in [1.54, 1.807) is 13.1 Å². The third-order valence-electron chi connectivity index (χ3n) is 3.24. The third kappa shape index (κ3) is 3.04. The van der Waals surface area contributed by atoms with Crippen molar-refractivity contribution in [1.29, 1.82) is 0 Å². The van der Waals surface area contributed by atoms with Crippen LogP contribution in [-0.2, 0) is 18.4 Å². The lowest BCUT2D eigenvalue weighted by Gasteiger charge is -2.09. The minimum Gasteiger partial charge on any atom is -0.350 e. The van der Waals surface area contributed by atoms with E-state index < -0.39 is 0 Å². The summed E-state index contributed by atoms with van der Waals surface area (Å²) < 4.78 is 1.32. The summed E-state index contributed by atoms with van der Waals surface area (Å²) in [7, 11) is 1.62. The fraction of sp³-hybridized carbons (Fsp3) is 0.400. The molecule has 0 saturated heterocycles. The molecule has 2 rings (SSSR count). The Kier molecular flexibility index (Phi) is 4.50. The van der Waals surface area contributed by atoms with Crippen molar-refractivity contribution in [2.45, 2.75) is 32.7 Å². The number of benzene rings is 1. The average molecular weight is 273 g/mol. The number of aryl methyl sites for hydroxylation is 1. The van der Waals surface area contributed by atoms with Crippen LogP contribution in [-0.4, -0.2) is 15.7 Å². The van der Waals surface area contributed by atoms with Crippen LogP contribution in [0.15, 0.2) is 29.1 Å². The largest absolute Gasteiger partial charge is 0.350 e. The van der Waals surface area contributed by atoms with Crippen LogP contribution >= 0.6 is 0 Å². The molecule has 5 nitrogen and oxygen atoms in total. The summed E-state index contributed by atoms with van der Waals surface area (Å²) in [5.41, 5.74) is 0.592. The molecule has 0 aliphatic carbocycles. The number of rotatable bonds is 5. The van der Waals surface area contributed by atoms with E-state index in [1.165, 1.54) is 4.68 Å². The number of nitrogens with one attached hydrogen (secondary N) is 1. The number of nitrogens with zero attached hydrogens (tertiary/aromatic N) is 2. The molecular formula is C15H19N3O2. The molecular weight excluding hydrogens is 254 g/mol. The standard InChI is InChI=1S/C15H19N3O2/c1-3-4-9-14(19)16-10-13-11-7-5-6-8-12(11)15(20)18(2)17-13/h5-8H,3-4,9-10H2,1-2H3,(H,16,19). The van der Waals surface area contributed by atoms with Crippen molar-refractivity contribution in [3.05, 3.63) is 40.3 Å². The molecule has 1 N–H and O–H groups in total. The highest BCUT2D eigenvalue weighted by Crippen LogP contribution is 2.12. The molecule has 0 unspecified atom stereocenters. The maximum absolute atomic E-state index is 12.0. The molecule has 0 fully saturated rings. The smallest absolute Gasteiger partial charge is 0.274 e. The number of hydrogen-bond donors (Lipinski definition) is 1. The van der Waals surface area contributed by atoms with Crippen molar-refractivity contribution in [3.8, 4) is 0 Å². The zero-order valence-electron chi connectivity index (χ0n) is 11.8. The topological polar surface area (TPSA) is 64.0 Å². The Balaban J connectivity index is 2.24. The van der Waals surface area contributed by atoms with Gasteiger partial charge >= 0.3 is 0 Å². The zero-order valence-corrected chi connectivity index (χ0v) is 11.8. The van der Waals surface area contributed by atoms with Gasteiger partial charge in [0.05, 0.1) is 17.6 Å². The van der Waals surface area contributed by atoms with Crippen molar-refractivity contribution < 1.29 is 4.79 Å². The second-order valence-electron chi connectivity index (χ2n) is 4.80. The summed E-state index contributed by atoms with van der Waals surface area (Å²) in [6, 6.07) is 7.33. The molecule has 0 aliphatic heterocycles. The van der Waals surface area contributed by atoms with Crippen molar-refractivity contribution in [2.75, 3.05) is 0 Å². The minimum atomic E-state index is -0.123. The molecule has 0 radical (unpaired) electrons. The maximum atomic E-state index is 12.0. The number of hydrogen-bond acceptors (Lipinski definition) is 3. The summed E-state index contributed by atoms with van der Waals surface area (Å²) in [6.45, 7) is 2.40. The highest BCUT2D eigenvalue weighted by atomic mass is 16.1. The summed E-state index contributed by atoms with van der Waals surface area (Å²) in [6.07, 6.45) is 2.40. The van der Waals surface area contributed by atoms with Gasteiger partial charge in [-0.25, -0.2) is 4.68 Å². The molecule has 5 heteroatoms. The fourth-order valence-electron chi connectivity index (χ4n) is 2.11. The normalized spacial score (nSPS) is 10.7. The fourth-order valence-corrected chi connectivity index (χ4v) is 2.11. The van der Waals surface area contributed by atoms with Crippen molar-refractivity contribution >= 4 is 16.7 Å². The zero-order chi connectivity index (χ0) is 14.5. The second-order valence-corrected chi connectivity index (χ2v) is 4.80. The SMILES string of the molecule is CCCCC(=O)NCc1nn(C)c(=O)c2ccccc12. The molecule has 20 heavy (non-hydrogen) atoms. The van der Waals surface area contributed by atoms with Crippen LogP contribution < -0.4 is 10.9 Å². The summed E-state index contributed by atoms with van der Waals surface area (Å²) >= 11 is 0. The molecule has 0 aliphatic rings. The highest BCUT2D eigenvalue weighted by molar-refractivity contribution is 5.84. The Morgan fingerprint density at radius 2 is 2.00 bits per heavy atom. The van der Waals surface area contributed by atoms with Crippen LogP contribution in [0.1, 0.15) is 31.9 Å². The molecule has 1 heterocycles. The van der Waals surface area contributed by atoms with Gasteiger partial charge < -0.3 is 5.32 Å². The van der Waals surface area contributed by atoms with E-state index >= 15 is 0 Å². The van der Waals surface area contributed by atoms with E-state index in [4.69, 9.17) is 0 Å². The number of aromatic nitrogens is 2. The number of carbonyl (C=O) groups excluding carboxylic acids is 1. The third-order valence-corrected chi connectivity index (χ3v) is 3.24. The lowest BCUT2D eigenvalue weighted by atomic mass is 10.1. The predicted molar refractivity (Wildman–Crippen MR) is 78.4 cm³/mol. The molecule has 0 bridgehead atoms. The molecule has 1 aromatic heterocycles. The number of unbranched alkanes of at least 4 members (excludes halogenated alkanes) is 1. The molecule has 1 amide bonds. The van der Waals surface area contributed by atoms with Crippen molar-refractivity contribution in [3.63, 3.8) is 0 Å². The van der Waals surface area contributed by atoms with Gasteiger partial charge in [0.15, 0.2) is 0 Å². The van der Waals surface area contributed by atoms with Crippen LogP contribution in [0.5, 0.6) is 0 Å². The average Bonchev–Trinajstić information content (AvgIpc) is 2.47. The summed E-state index contributed by atoms with van der Waals surface area (Å²) in [5.74, 6) is 0.0200. The van der Waals surface area contributed by atoms with Gasteiger partial charge in [-0.1, -0.05) is 31.5 Å². The van der Waals surface area contributed by atoms with Crippen LogP contribution in [0.2, 0.25) is 0 Å². The van der Waals surface area contributed by atoms with Gasteiger partial charge in [-0.05, 0) is 12.5 Å². The van der Waals surface area contributed by atoms with Gasteiger partial charge in [-0.15, -0.1) is 0 Å².